The Morgan fingerprint density at radius 1 is 1.44 bits per heavy atom. The van der Waals surface area contributed by atoms with Gasteiger partial charge in [0.25, 0.3) is 5.91 Å². The molecular formula is C12H13ClN2O. The Kier molecular flexibility index (Phi) is 3.56. The van der Waals surface area contributed by atoms with Gasteiger partial charge in [0, 0.05) is 10.6 Å². The lowest BCUT2D eigenvalue weighted by Gasteiger charge is -2.17. The van der Waals surface area contributed by atoms with Gasteiger partial charge in [-0.3, -0.25) is 4.79 Å². The number of hydrogen-bond acceptors (Lipinski definition) is 2. The van der Waals surface area contributed by atoms with Crippen molar-refractivity contribution in [3.05, 3.63) is 34.3 Å². The van der Waals surface area contributed by atoms with E-state index in [0.29, 0.717) is 10.6 Å². The van der Waals surface area contributed by atoms with E-state index in [-0.39, 0.29) is 5.91 Å². The van der Waals surface area contributed by atoms with Gasteiger partial charge in [0.15, 0.2) is 0 Å². The van der Waals surface area contributed by atoms with E-state index in [4.69, 9.17) is 16.9 Å². The molecule has 0 saturated heterocycles. The minimum Gasteiger partial charge on any atom is -0.334 e. The first-order valence-electron chi connectivity index (χ1n) is 4.85. The highest BCUT2D eigenvalue weighted by Crippen LogP contribution is 2.15. The zero-order chi connectivity index (χ0) is 12.3. The Balaban J connectivity index is 2.94. The highest BCUT2D eigenvalue weighted by Gasteiger charge is 2.20. The first kappa shape index (κ1) is 12.5. The second kappa shape index (κ2) is 4.54. The van der Waals surface area contributed by atoms with Gasteiger partial charge in [0.2, 0.25) is 0 Å². The molecule has 0 spiro atoms. The molecular weight excluding hydrogens is 224 g/mol. The number of amides is 1. The van der Waals surface area contributed by atoms with Crippen LogP contribution < -0.4 is 5.32 Å². The average molecular weight is 237 g/mol. The molecule has 84 valence electrons. The van der Waals surface area contributed by atoms with Crippen molar-refractivity contribution in [1.82, 2.24) is 5.32 Å². The molecule has 3 nitrogen and oxygen atoms in total. The number of halogens is 1. The van der Waals surface area contributed by atoms with Gasteiger partial charge in [-0.05, 0) is 44.5 Å². The second-order valence-corrected chi connectivity index (χ2v) is 4.64. The number of nitrogens with zero attached hydrogens (tertiary/aromatic N) is 1. The third-order valence-corrected chi connectivity index (χ3v) is 2.23. The Labute approximate surface area is 100 Å². The Morgan fingerprint density at radius 2 is 2.06 bits per heavy atom. The van der Waals surface area contributed by atoms with Crippen molar-refractivity contribution in [3.8, 4) is 6.07 Å². The van der Waals surface area contributed by atoms with E-state index in [1.807, 2.05) is 13.0 Å². The molecule has 0 aliphatic carbocycles. The van der Waals surface area contributed by atoms with Gasteiger partial charge in [0.1, 0.15) is 5.54 Å². The molecule has 0 fully saturated rings. The molecule has 4 heteroatoms. The molecule has 1 rings (SSSR count). The van der Waals surface area contributed by atoms with Crippen molar-refractivity contribution in [2.45, 2.75) is 26.3 Å². The van der Waals surface area contributed by atoms with Crippen LogP contribution in [0.15, 0.2) is 18.2 Å². The summed E-state index contributed by atoms with van der Waals surface area (Å²) < 4.78 is 0. The number of hydrogen-bond donors (Lipinski definition) is 1. The maximum atomic E-state index is 11.8. The van der Waals surface area contributed by atoms with Crippen LogP contribution in [-0.2, 0) is 0 Å². The third kappa shape index (κ3) is 3.25. The van der Waals surface area contributed by atoms with Crippen molar-refractivity contribution in [1.29, 1.82) is 5.26 Å². The molecule has 0 bridgehead atoms. The molecule has 1 aromatic carbocycles. The van der Waals surface area contributed by atoms with Crippen LogP contribution in [0, 0.1) is 18.3 Å². The van der Waals surface area contributed by atoms with Gasteiger partial charge in [-0.2, -0.15) is 5.26 Å². The smallest absolute Gasteiger partial charge is 0.252 e. The van der Waals surface area contributed by atoms with Crippen LogP contribution >= 0.6 is 11.6 Å². The Bertz CT molecular complexity index is 440. The summed E-state index contributed by atoms with van der Waals surface area (Å²) in [6, 6.07) is 7.09. The maximum absolute atomic E-state index is 11.8. The van der Waals surface area contributed by atoms with Crippen molar-refractivity contribution in [2.24, 2.45) is 0 Å². The first-order valence-corrected chi connectivity index (χ1v) is 5.23. The lowest BCUT2D eigenvalue weighted by Crippen LogP contribution is -2.42. The van der Waals surface area contributed by atoms with Gasteiger partial charge in [-0.1, -0.05) is 11.6 Å². The van der Waals surface area contributed by atoms with E-state index in [2.05, 4.69) is 5.32 Å². The van der Waals surface area contributed by atoms with E-state index in [1.54, 1.807) is 32.0 Å². The fraction of sp³-hybridized carbons (Fsp3) is 0.333. The molecule has 0 aliphatic heterocycles. The quantitative estimate of drug-likeness (QED) is 0.858. The van der Waals surface area contributed by atoms with Gasteiger partial charge in [-0.15, -0.1) is 0 Å². The Morgan fingerprint density at radius 3 is 2.56 bits per heavy atom. The molecule has 16 heavy (non-hydrogen) atoms. The largest absolute Gasteiger partial charge is 0.334 e. The molecule has 0 unspecified atom stereocenters. The molecule has 0 atom stereocenters. The van der Waals surface area contributed by atoms with Crippen LogP contribution in [-0.4, -0.2) is 11.4 Å². The van der Waals surface area contributed by atoms with E-state index < -0.39 is 5.54 Å². The highest BCUT2D eigenvalue weighted by atomic mass is 35.5. The molecule has 1 amide bonds. The van der Waals surface area contributed by atoms with Crippen LogP contribution in [0.3, 0.4) is 0 Å². The summed E-state index contributed by atoms with van der Waals surface area (Å²) in [5, 5.41) is 11.9. The number of aryl methyl sites for hydroxylation is 1. The van der Waals surface area contributed by atoms with Gasteiger partial charge >= 0.3 is 0 Å². The minimum atomic E-state index is -0.882. The normalized spacial score (nSPS) is 10.7. The van der Waals surface area contributed by atoms with Crippen LogP contribution in [0.2, 0.25) is 5.02 Å². The number of carbonyl (C=O) groups is 1. The summed E-state index contributed by atoms with van der Waals surface area (Å²) in [5.74, 6) is -0.294. The number of carbonyl (C=O) groups excluding carboxylic acids is 1. The fourth-order valence-electron chi connectivity index (χ4n) is 1.25. The lowest BCUT2D eigenvalue weighted by atomic mass is 10.1. The van der Waals surface area contributed by atoms with Crippen LogP contribution in [0.5, 0.6) is 0 Å². The molecule has 1 N–H and O–H groups in total. The van der Waals surface area contributed by atoms with Crippen molar-refractivity contribution in [2.75, 3.05) is 0 Å². The fourth-order valence-corrected chi connectivity index (χ4v) is 1.54. The third-order valence-electron chi connectivity index (χ3n) is 2.01. The highest BCUT2D eigenvalue weighted by molar-refractivity contribution is 6.31. The van der Waals surface area contributed by atoms with Crippen molar-refractivity contribution < 1.29 is 4.79 Å². The lowest BCUT2D eigenvalue weighted by molar-refractivity contribution is 0.0929. The number of nitrogens with one attached hydrogen (secondary N) is 1. The van der Waals surface area contributed by atoms with Crippen molar-refractivity contribution >= 4 is 17.5 Å². The number of rotatable bonds is 2. The standard InChI is InChI=1S/C12H13ClN2O/c1-8-4-9(6-10(13)5-8)11(16)15-12(2,3)7-14/h4-6H,1-3H3,(H,15,16). The average Bonchev–Trinajstić information content (AvgIpc) is 2.15. The molecule has 0 aliphatic rings. The topological polar surface area (TPSA) is 52.9 Å². The monoisotopic (exact) mass is 236 g/mol. The number of nitriles is 1. The van der Waals surface area contributed by atoms with E-state index in [9.17, 15) is 4.79 Å². The molecule has 0 radical (unpaired) electrons. The maximum Gasteiger partial charge on any atom is 0.252 e. The second-order valence-electron chi connectivity index (χ2n) is 4.21. The predicted octanol–water partition coefficient (Wildman–Crippen LogP) is 2.68. The minimum absolute atomic E-state index is 0.294. The molecule has 0 aromatic heterocycles. The predicted molar refractivity (Wildman–Crippen MR) is 63.3 cm³/mol. The van der Waals surface area contributed by atoms with Crippen LogP contribution in [0.25, 0.3) is 0 Å². The summed E-state index contributed by atoms with van der Waals surface area (Å²) in [6.07, 6.45) is 0. The van der Waals surface area contributed by atoms with Crippen LogP contribution in [0.1, 0.15) is 29.8 Å². The van der Waals surface area contributed by atoms with E-state index >= 15 is 0 Å². The summed E-state index contributed by atoms with van der Waals surface area (Å²) in [5.41, 5.74) is 0.494. The number of benzene rings is 1. The van der Waals surface area contributed by atoms with Gasteiger partial charge < -0.3 is 5.32 Å². The Hall–Kier alpha value is -1.53. The van der Waals surface area contributed by atoms with E-state index in [0.717, 1.165) is 5.56 Å². The van der Waals surface area contributed by atoms with Gasteiger partial charge in [0.05, 0.1) is 6.07 Å². The van der Waals surface area contributed by atoms with Gasteiger partial charge in [-0.25, -0.2) is 0 Å². The summed E-state index contributed by atoms with van der Waals surface area (Å²) in [4.78, 5) is 11.8. The zero-order valence-corrected chi connectivity index (χ0v) is 10.2. The molecule has 0 saturated carbocycles. The van der Waals surface area contributed by atoms with E-state index in [1.165, 1.54) is 0 Å². The summed E-state index contributed by atoms with van der Waals surface area (Å²) in [6.45, 7) is 5.14. The summed E-state index contributed by atoms with van der Waals surface area (Å²) in [7, 11) is 0. The zero-order valence-electron chi connectivity index (χ0n) is 9.47. The van der Waals surface area contributed by atoms with Crippen LogP contribution in [0.4, 0.5) is 0 Å². The van der Waals surface area contributed by atoms with Crippen molar-refractivity contribution in [3.63, 3.8) is 0 Å². The summed E-state index contributed by atoms with van der Waals surface area (Å²) >= 11 is 5.85. The molecule has 1 aromatic rings. The molecule has 0 heterocycles. The first-order chi connectivity index (χ1) is 7.34. The SMILES string of the molecule is Cc1cc(Cl)cc(C(=O)NC(C)(C)C#N)c1.